The first-order valence-corrected chi connectivity index (χ1v) is 6.66. The molecule has 0 saturated heterocycles. The Bertz CT molecular complexity index is 147. The lowest BCUT2D eigenvalue weighted by atomic mass is 9.93. The van der Waals surface area contributed by atoms with Gasteiger partial charge in [-0.1, -0.05) is 33.1 Å². The summed E-state index contributed by atoms with van der Waals surface area (Å²) in [5.74, 6) is 0. The lowest BCUT2D eigenvalue weighted by molar-refractivity contribution is 0.111. The topological polar surface area (TPSA) is 55.5 Å². The van der Waals surface area contributed by atoms with Gasteiger partial charge in [-0.15, -0.1) is 0 Å². The van der Waals surface area contributed by atoms with Crippen LogP contribution in [0.25, 0.3) is 0 Å². The maximum absolute atomic E-state index is 9.12. The highest BCUT2D eigenvalue weighted by Gasteiger charge is 2.20. The monoisotopic (exact) mass is 231 g/mol. The van der Waals surface area contributed by atoms with Crippen molar-refractivity contribution in [3.05, 3.63) is 0 Å². The van der Waals surface area contributed by atoms with Crippen LogP contribution in [0.2, 0.25) is 0 Å². The van der Waals surface area contributed by atoms with Gasteiger partial charge in [0, 0.05) is 18.8 Å². The van der Waals surface area contributed by atoms with E-state index in [2.05, 4.69) is 6.92 Å². The van der Waals surface area contributed by atoms with Crippen LogP contribution >= 0.6 is 0 Å². The van der Waals surface area contributed by atoms with Gasteiger partial charge in [0.15, 0.2) is 0 Å². The molecule has 0 saturated carbocycles. The van der Waals surface area contributed by atoms with E-state index in [0.29, 0.717) is 0 Å². The van der Waals surface area contributed by atoms with Gasteiger partial charge in [0.05, 0.1) is 6.61 Å². The van der Waals surface area contributed by atoms with E-state index in [4.69, 9.17) is 15.6 Å². The van der Waals surface area contributed by atoms with E-state index in [1.165, 1.54) is 19.3 Å². The maximum atomic E-state index is 9.12. The first-order valence-electron chi connectivity index (χ1n) is 6.66. The fourth-order valence-electron chi connectivity index (χ4n) is 1.63. The van der Waals surface area contributed by atoms with Gasteiger partial charge in [0.2, 0.25) is 0 Å². The number of rotatable bonds is 11. The van der Waals surface area contributed by atoms with Gasteiger partial charge in [-0.05, 0) is 25.7 Å². The Hall–Kier alpha value is -0.120. The van der Waals surface area contributed by atoms with Crippen molar-refractivity contribution in [2.45, 2.75) is 64.3 Å². The quantitative estimate of drug-likeness (QED) is 0.537. The molecule has 0 aromatic rings. The van der Waals surface area contributed by atoms with E-state index >= 15 is 0 Å². The summed E-state index contributed by atoms with van der Waals surface area (Å²) < 4.78 is 5.53. The number of hydrogen-bond donors (Lipinski definition) is 2. The summed E-state index contributed by atoms with van der Waals surface area (Å²) in [4.78, 5) is 0. The minimum Gasteiger partial charge on any atom is -0.394 e. The molecule has 0 bridgehead atoms. The Kier molecular flexibility index (Phi) is 9.99. The molecule has 0 aliphatic heterocycles. The van der Waals surface area contributed by atoms with Gasteiger partial charge < -0.3 is 15.6 Å². The summed E-state index contributed by atoms with van der Waals surface area (Å²) >= 11 is 0. The SMILES string of the molecule is CCCCCCOCCCC(N)(CC)CO. The van der Waals surface area contributed by atoms with Crippen LogP contribution < -0.4 is 5.73 Å². The molecule has 3 N–H and O–H groups in total. The molecule has 0 aliphatic rings. The fourth-order valence-corrected chi connectivity index (χ4v) is 1.63. The maximum Gasteiger partial charge on any atom is 0.0611 e. The summed E-state index contributed by atoms with van der Waals surface area (Å²) in [7, 11) is 0. The molecule has 1 atom stereocenters. The minimum atomic E-state index is -0.397. The van der Waals surface area contributed by atoms with Crippen LogP contribution in [0.4, 0.5) is 0 Å². The predicted octanol–water partition coefficient (Wildman–Crippen LogP) is 2.46. The van der Waals surface area contributed by atoms with E-state index in [-0.39, 0.29) is 6.61 Å². The zero-order valence-electron chi connectivity index (χ0n) is 11.0. The second kappa shape index (κ2) is 10.1. The third kappa shape index (κ3) is 8.08. The van der Waals surface area contributed by atoms with Crippen LogP contribution in [0, 0.1) is 0 Å². The van der Waals surface area contributed by atoms with Crippen molar-refractivity contribution in [3.8, 4) is 0 Å². The number of hydrogen-bond acceptors (Lipinski definition) is 3. The second-order valence-corrected chi connectivity index (χ2v) is 4.65. The van der Waals surface area contributed by atoms with E-state index < -0.39 is 5.54 Å². The lowest BCUT2D eigenvalue weighted by Gasteiger charge is -2.25. The van der Waals surface area contributed by atoms with E-state index in [1.807, 2.05) is 6.92 Å². The average Bonchev–Trinajstić information content (AvgIpc) is 2.32. The molecule has 0 radical (unpaired) electrons. The summed E-state index contributed by atoms with van der Waals surface area (Å²) in [6.45, 7) is 5.93. The van der Waals surface area contributed by atoms with Gasteiger partial charge >= 0.3 is 0 Å². The van der Waals surface area contributed by atoms with Gasteiger partial charge in [0.25, 0.3) is 0 Å². The molecule has 0 aromatic carbocycles. The van der Waals surface area contributed by atoms with E-state index in [0.717, 1.165) is 38.9 Å². The van der Waals surface area contributed by atoms with Gasteiger partial charge in [-0.3, -0.25) is 0 Å². The molecule has 0 spiro atoms. The third-order valence-electron chi connectivity index (χ3n) is 3.12. The Morgan fingerprint density at radius 2 is 1.75 bits per heavy atom. The molecule has 0 aliphatic carbocycles. The van der Waals surface area contributed by atoms with Crippen molar-refractivity contribution < 1.29 is 9.84 Å². The van der Waals surface area contributed by atoms with Gasteiger partial charge in [-0.25, -0.2) is 0 Å². The molecular formula is C13H29NO2. The Morgan fingerprint density at radius 1 is 1.06 bits per heavy atom. The fraction of sp³-hybridized carbons (Fsp3) is 1.00. The molecule has 0 heterocycles. The molecule has 0 aromatic heterocycles. The molecule has 16 heavy (non-hydrogen) atoms. The summed E-state index contributed by atoms with van der Waals surface area (Å²) in [5, 5.41) is 9.12. The number of ether oxygens (including phenoxy) is 1. The Balaban J connectivity index is 3.26. The minimum absolute atomic E-state index is 0.0694. The Labute approximate surface area is 100 Å². The zero-order chi connectivity index (χ0) is 12.3. The normalized spacial score (nSPS) is 15.0. The number of aliphatic hydroxyl groups excluding tert-OH is 1. The first kappa shape index (κ1) is 15.9. The van der Waals surface area contributed by atoms with E-state index in [1.54, 1.807) is 0 Å². The third-order valence-corrected chi connectivity index (χ3v) is 3.12. The molecule has 3 nitrogen and oxygen atoms in total. The summed E-state index contributed by atoms with van der Waals surface area (Å²) in [5.41, 5.74) is 5.57. The van der Waals surface area contributed by atoms with Crippen LogP contribution in [0.15, 0.2) is 0 Å². The molecule has 0 fully saturated rings. The molecule has 0 amide bonds. The first-order chi connectivity index (χ1) is 7.68. The predicted molar refractivity (Wildman–Crippen MR) is 68.5 cm³/mol. The number of nitrogens with two attached hydrogens (primary N) is 1. The molecule has 3 heteroatoms. The zero-order valence-corrected chi connectivity index (χ0v) is 11.0. The highest BCUT2D eigenvalue weighted by Crippen LogP contribution is 2.13. The van der Waals surface area contributed by atoms with Crippen molar-refractivity contribution >= 4 is 0 Å². The van der Waals surface area contributed by atoms with Crippen molar-refractivity contribution in [1.82, 2.24) is 0 Å². The number of unbranched alkanes of at least 4 members (excludes halogenated alkanes) is 3. The van der Waals surface area contributed by atoms with Crippen molar-refractivity contribution in [2.24, 2.45) is 5.73 Å². The van der Waals surface area contributed by atoms with Crippen LogP contribution in [-0.2, 0) is 4.74 Å². The second-order valence-electron chi connectivity index (χ2n) is 4.65. The molecule has 1 unspecified atom stereocenters. The highest BCUT2D eigenvalue weighted by molar-refractivity contribution is 4.81. The van der Waals surface area contributed by atoms with Crippen molar-refractivity contribution in [3.63, 3.8) is 0 Å². The standard InChI is InChI=1S/C13H29NO2/c1-3-5-6-7-10-16-11-8-9-13(14,4-2)12-15/h15H,3-12,14H2,1-2H3. The largest absolute Gasteiger partial charge is 0.394 e. The van der Waals surface area contributed by atoms with E-state index in [9.17, 15) is 0 Å². The summed E-state index contributed by atoms with van der Waals surface area (Å²) in [6, 6.07) is 0. The van der Waals surface area contributed by atoms with Crippen LogP contribution in [0.3, 0.4) is 0 Å². The summed E-state index contributed by atoms with van der Waals surface area (Å²) in [6.07, 6.45) is 7.60. The molecule has 0 rings (SSSR count). The highest BCUT2D eigenvalue weighted by atomic mass is 16.5. The smallest absolute Gasteiger partial charge is 0.0611 e. The van der Waals surface area contributed by atoms with Crippen LogP contribution in [0.5, 0.6) is 0 Å². The van der Waals surface area contributed by atoms with Crippen LogP contribution in [-0.4, -0.2) is 30.5 Å². The molecule has 98 valence electrons. The average molecular weight is 231 g/mol. The number of aliphatic hydroxyl groups is 1. The lowest BCUT2D eigenvalue weighted by Crippen LogP contribution is -2.43. The van der Waals surface area contributed by atoms with Crippen molar-refractivity contribution in [1.29, 1.82) is 0 Å². The Morgan fingerprint density at radius 3 is 2.31 bits per heavy atom. The molecular weight excluding hydrogens is 202 g/mol. The van der Waals surface area contributed by atoms with Crippen molar-refractivity contribution in [2.75, 3.05) is 19.8 Å². The van der Waals surface area contributed by atoms with Gasteiger partial charge in [0.1, 0.15) is 0 Å². The van der Waals surface area contributed by atoms with Gasteiger partial charge in [-0.2, -0.15) is 0 Å². The van der Waals surface area contributed by atoms with Crippen LogP contribution in [0.1, 0.15) is 58.8 Å².